The number of oxime groups is 1. The molecule has 10 nitrogen and oxygen atoms in total. The molecule has 0 aromatic carbocycles. The normalized spacial score (nSPS) is 20.0. The fourth-order valence-corrected chi connectivity index (χ4v) is 3.62. The molecule has 27 heavy (non-hydrogen) atoms. The van der Waals surface area contributed by atoms with Crippen LogP contribution in [0, 0.1) is 0 Å². The molecule has 1 aromatic heterocycles. The summed E-state index contributed by atoms with van der Waals surface area (Å²) in [5, 5.41) is 19.4. The number of amides is 1. The van der Waals surface area contributed by atoms with Crippen molar-refractivity contribution in [1.29, 1.82) is 0 Å². The second-order valence-electron chi connectivity index (χ2n) is 5.30. The van der Waals surface area contributed by atoms with Crippen LogP contribution in [-0.2, 0) is 24.0 Å². The average Bonchev–Trinajstić information content (AvgIpc) is 3.27. The van der Waals surface area contributed by atoms with Crippen molar-refractivity contribution in [3.05, 3.63) is 35.4 Å². The summed E-state index contributed by atoms with van der Waals surface area (Å²) in [5.41, 5.74) is 0.743. The van der Waals surface area contributed by atoms with Crippen molar-refractivity contribution in [3.63, 3.8) is 0 Å². The molecule has 2 N–H and O–H groups in total. The number of esters is 1. The molecule has 2 aliphatic heterocycles. The number of hydrogen-bond donors (Lipinski definition) is 2. The Morgan fingerprint density at radius 2 is 2.30 bits per heavy atom. The standard InChI is InChI=1S/C15H15N3O7S.Na/c1-23-18-10(8-3-2-4-24-8)12(19)16-11(14(20)21)13-17-9-7(6-26-13)5-25-15(9)22;/h2-4,11,13,17H,5-6H2,1H3,(H,16,19)(H,20,21);/q;+1/p-1/b18-10-;/t11-,13+;/m0./s1. The number of nitrogens with one attached hydrogen (secondary N) is 2. The zero-order chi connectivity index (χ0) is 18.7. The van der Waals surface area contributed by atoms with E-state index in [1.807, 2.05) is 0 Å². The summed E-state index contributed by atoms with van der Waals surface area (Å²) >= 11 is 1.21. The predicted molar refractivity (Wildman–Crippen MR) is 86.6 cm³/mol. The van der Waals surface area contributed by atoms with Crippen LogP contribution in [0.3, 0.4) is 0 Å². The molecule has 138 valence electrons. The quantitative estimate of drug-likeness (QED) is 0.207. The van der Waals surface area contributed by atoms with E-state index >= 15 is 0 Å². The molecular formula is C15H14N3NaO7S. The third kappa shape index (κ3) is 4.67. The predicted octanol–water partition coefficient (Wildman–Crippen LogP) is -4.66. The third-order valence-corrected chi connectivity index (χ3v) is 4.92. The van der Waals surface area contributed by atoms with Crippen molar-refractivity contribution in [1.82, 2.24) is 10.6 Å². The third-order valence-electron chi connectivity index (χ3n) is 3.65. The molecule has 0 aliphatic carbocycles. The van der Waals surface area contributed by atoms with Gasteiger partial charge in [-0.05, 0) is 12.1 Å². The number of carboxylic acid groups (broad SMARTS) is 1. The van der Waals surface area contributed by atoms with Gasteiger partial charge >= 0.3 is 35.5 Å². The number of rotatable bonds is 6. The van der Waals surface area contributed by atoms with Crippen LogP contribution in [0.4, 0.5) is 0 Å². The minimum Gasteiger partial charge on any atom is -0.548 e. The number of nitrogens with zero attached hydrogens (tertiary/aromatic N) is 1. The van der Waals surface area contributed by atoms with Crippen LogP contribution in [-0.4, -0.2) is 54.4 Å². The van der Waals surface area contributed by atoms with Gasteiger partial charge in [0.05, 0.1) is 23.6 Å². The zero-order valence-corrected chi connectivity index (χ0v) is 17.3. The van der Waals surface area contributed by atoms with E-state index < -0.39 is 29.3 Å². The summed E-state index contributed by atoms with van der Waals surface area (Å²) in [6.45, 7) is 0.173. The Labute approximate surface area is 180 Å². The second-order valence-corrected chi connectivity index (χ2v) is 6.43. The van der Waals surface area contributed by atoms with Gasteiger partial charge in [-0.25, -0.2) is 4.79 Å². The maximum absolute atomic E-state index is 12.5. The first-order valence-corrected chi connectivity index (χ1v) is 8.50. The number of carbonyl (C=O) groups is 3. The van der Waals surface area contributed by atoms with Gasteiger partial charge in [0.1, 0.15) is 19.4 Å². The summed E-state index contributed by atoms with van der Waals surface area (Å²) < 4.78 is 10.0. The number of carboxylic acids is 1. The van der Waals surface area contributed by atoms with Gasteiger partial charge in [0.25, 0.3) is 5.91 Å². The Balaban J connectivity index is 0.00000261. The van der Waals surface area contributed by atoms with Gasteiger partial charge in [-0.3, -0.25) is 4.79 Å². The number of carbonyl (C=O) groups excluding carboxylic acids is 3. The first kappa shape index (κ1) is 21.4. The second kappa shape index (κ2) is 9.31. The van der Waals surface area contributed by atoms with Crippen molar-refractivity contribution in [2.75, 3.05) is 19.5 Å². The van der Waals surface area contributed by atoms with Gasteiger partial charge in [-0.1, -0.05) is 5.16 Å². The van der Waals surface area contributed by atoms with E-state index in [1.54, 1.807) is 6.07 Å². The monoisotopic (exact) mass is 403 g/mol. The molecular weight excluding hydrogens is 389 g/mol. The molecule has 0 unspecified atom stereocenters. The smallest absolute Gasteiger partial charge is 0.548 e. The SMILES string of the molecule is CO/N=C(\C(=O)N[C@H](C(=O)[O-])[C@@H]1NC2=C(COC2=O)CS1)c1ccco1.[Na+]. The van der Waals surface area contributed by atoms with Gasteiger partial charge in [0.15, 0.2) is 5.76 Å². The van der Waals surface area contributed by atoms with Crippen molar-refractivity contribution >= 4 is 35.3 Å². The first-order valence-electron chi connectivity index (χ1n) is 7.45. The van der Waals surface area contributed by atoms with E-state index in [4.69, 9.17) is 9.15 Å². The molecule has 2 atom stereocenters. The molecule has 0 spiro atoms. The number of cyclic esters (lactones) is 1. The minimum absolute atomic E-state index is 0. The van der Waals surface area contributed by atoms with Crippen LogP contribution in [0.2, 0.25) is 0 Å². The number of hydrogen-bond acceptors (Lipinski definition) is 10. The molecule has 12 heteroatoms. The number of thioether (sulfide) groups is 1. The first-order chi connectivity index (χ1) is 12.5. The molecule has 3 heterocycles. The number of aliphatic carboxylic acids is 1. The molecule has 0 saturated carbocycles. The molecule has 2 aliphatic rings. The molecule has 3 rings (SSSR count). The average molecular weight is 403 g/mol. The van der Waals surface area contributed by atoms with Crippen molar-refractivity contribution in [2.45, 2.75) is 11.4 Å². The van der Waals surface area contributed by atoms with E-state index in [0.29, 0.717) is 5.75 Å². The van der Waals surface area contributed by atoms with Crippen LogP contribution < -0.4 is 45.3 Å². The van der Waals surface area contributed by atoms with Crippen LogP contribution >= 0.6 is 11.8 Å². The zero-order valence-electron chi connectivity index (χ0n) is 14.5. The van der Waals surface area contributed by atoms with Crippen LogP contribution in [0.15, 0.2) is 39.2 Å². The van der Waals surface area contributed by atoms with Crippen LogP contribution in [0.5, 0.6) is 0 Å². The largest absolute Gasteiger partial charge is 1.00 e. The Kier molecular flexibility index (Phi) is 7.36. The molecule has 0 saturated heterocycles. The Bertz CT molecular complexity index is 793. The molecule has 1 amide bonds. The topological polar surface area (TPSA) is 142 Å². The maximum atomic E-state index is 12.5. The van der Waals surface area contributed by atoms with Gasteiger partial charge in [0, 0.05) is 11.3 Å². The van der Waals surface area contributed by atoms with Gasteiger partial charge in [0.2, 0.25) is 5.71 Å². The summed E-state index contributed by atoms with van der Waals surface area (Å²) in [4.78, 5) is 40.3. The molecule has 1 aromatic rings. The number of ether oxygens (including phenoxy) is 1. The van der Waals surface area contributed by atoms with Gasteiger partial charge in [-0.2, -0.15) is 0 Å². The minimum atomic E-state index is -1.52. The summed E-state index contributed by atoms with van der Waals surface area (Å²) in [7, 11) is 1.24. The van der Waals surface area contributed by atoms with Gasteiger partial charge < -0.3 is 34.5 Å². The summed E-state index contributed by atoms with van der Waals surface area (Å²) in [5.74, 6) is -2.39. The fraction of sp³-hybridized carbons (Fsp3) is 0.333. The van der Waals surface area contributed by atoms with Crippen LogP contribution in [0.1, 0.15) is 5.76 Å². The van der Waals surface area contributed by atoms with E-state index in [9.17, 15) is 19.5 Å². The number of furan rings is 1. The van der Waals surface area contributed by atoms with E-state index in [0.717, 1.165) is 5.57 Å². The maximum Gasteiger partial charge on any atom is 1.00 e. The molecule has 0 bridgehead atoms. The van der Waals surface area contributed by atoms with Crippen molar-refractivity contribution in [3.8, 4) is 0 Å². The summed E-state index contributed by atoms with van der Waals surface area (Å²) in [6, 6.07) is 1.58. The van der Waals surface area contributed by atoms with E-state index in [1.165, 1.54) is 31.2 Å². The van der Waals surface area contributed by atoms with Crippen LogP contribution in [0.25, 0.3) is 0 Å². The van der Waals surface area contributed by atoms with Crippen molar-refractivity contribution < 1.29 is 63.0 Å². The Morgan fingerprint density at radius 3 is 2.93 bits per heavy atom. The molecule has 0 fully saturated rings. The fourth-order valence-electron chi connectivity index (χ4n) is 2.44. The van der Waals surface area contributed by atoms with Crippen molar-refractivity contribution in [2.24, 2.45) is 5.16 Å². The van der Waals surface area contributed by atoms with E-state index in [-0.39, 0.29) is 53.3 Å². The summed E-state index contributed by atoms with van der Waals surface area (Å²) in [6.07, 6.45) is 1.34. The Morgan fingerprint density at radius 1 is 1.52 bits per heavy atom. The Hall–Kier alpha value is -1.95. The van der Waals surface area contributed by atoms with Gasteiger partial charge in [-0.15, -0.1) is 11.8 Å². The van der Waals surface area contributed by atoms with E-state index in [2.05, 4.69) is 20.6 Å². The molecule has 0 radical (unpaired) electrons.